The zero-order chi connectivity index (χ0) is 14.8. The van der Waals surface area contributed by atoms with Crippen molar-refractivity contribution in [3.63, 3.8) is 0 Å². The number of anilines is 1. The van der Waals surface area contributed by atoms with E-state index < -0.39 is 0 Å². The van der Waals surface area contributed by atoms with Gasteiger partial charge in [-0.25, -0.2) is 0 Å². The lowest BCUT2D eigenvalue weighted by Crippen LogP contribution is -2.24. The molecule has 1 heterocycles. The number of aromatic hydroxyl groups is 1. The molecule has 1 unspecified atom stereocenters. The summed E-state index contributed by atoms with van der Waals surface area (Å²) in [4.78, 5) is 2.31. The Morgan fingerprint density at radius 3 is 2.76 bits per heavy atom. The highest BCUT2D eigenvalue weighted by molar-refractivity contribution is 5.55. The van der Waals surface area contributed by atoms with Gasteiger partial charge in [-0.3, -0.25) is 0 Å². The van der Waals surface area contributed by atoms with Crippen molar-refractivity contribution >= 4 is 5.69 Å². The van der Waals surface area contributed by atoms with Crippen LogP contribution in [0.4, 0.5) is 5.69 Å². The second kappa shape index (κ2) is 5.82. The molecule has 2 aromatic rings. The van der Waals surface area contributed by atoms with Gasteiger partial charge in [0.1, 0.15) is 11.5 Å². The molecule has 1 aliphatic carbocycles. The van der Waals surface area contributed by atoms with Crippen LogP contribution in [0.25, 0.3) is 0 Å². The van der Waals surface area contributed by atoms with Gasteiger partial charge in [-0.2, -0.15) is 0 Å². The van der Waals surface area contributed by atoms with E-state index in [2.05, 4.69) is 16.3 Å². The van der Waals surface area contributed by atoms with E-state index in [1.54, 1.807) is 6.26 Å². The molecule has 4 nitrogen and oxygen atoms in total. The predicted molar refractivity (Wildman–Crippen MR) is 83.5 cm³/mol. The summed E-state index contributed by atoms with van der Waals surface area (Å²) >= 11 is 0. The number of phenolic OH excluding ortho intramolecular Hbond substituents is 1. The Bertz CT molecular complexity index is 591. The molecule has 3 rings (SSSR count). The Morgan fingerprint density at radius 1 is 1.38 bits per heavy atom. The van der Waals surface area contributed by atoms with Crippen LogP contribution in [0.2, 0.25) is 0 Å². The van der Waals surface area contributed by atoms with E-state index in [9.17, 15) is 5.11 Å². The molecule has 1 atom stereocenters. The highest BCUT2D eigenvalue weighted by Crippen LogP contribution is 2.36. The van der Waals surface area contributed by atoms with Crippen molar-refractivity contribution in [2.45, 2.75) is 38.4 Å². The van der Waals surface area contributed by atoms with Crippen LogP contribution in [-0.4, -0.2) is 18.2 Å². The second-order valence-corrected chi connectivity index (χ2v) is 5.69. The number of furan rings is 1. The fraction of sp³-hybridized carbons (Fsp3) is 0.412. The monoisotopic (exact) mass is 286 g/mol. The molecule has 0 saturated heterocycles. The van der Waals surface area contributed by atoms with Gasteiger partial charge in [0.15, 0.2) is 0 Å². The zero-order valence-corrected chi connectivity index (χ0v) is 12.5. The molecular formula is C17H22N2O2. The molecule has 0 radical (unpaired) electrons. The van der Waals surface area contributed by atoms with E-state index in [4.69, 9.17) is 4.42 Å². The minimum absolute atomic E-state index is 0.137. The topological polar surface area (TPSA) is 48.6 Å². The van der Waals surface area contributed by atoms with Gasteiger partial charge in [-0.05, 0) is 45.0 Å². The number of hydrogen-bond acceptors (Lipinski definition) is 4. The SMILES string of the molecule is CNC(C)c1ccc(N(Cc2ccco2)C2CC2)cc1O. The molecule has 1 fully saturated rings. The van der Waals surface area contributed by atoms with Gasteiger partial charge in [0.05, 0.1) is 12.8 Å². The quantitative estimate of drug-likeness (QED) is 0.854. The molecule has 0 spiro atoms. The first kappa shape index (κ1) is 14.0. The smallest absolute Gasteiger partial charge is 0.123 e. The van der Waals surface area contributed by atoms with Gasteiger partial charge in [0.2, 0.25) is 0 Å². The average molecular weight is 286 g/mol. The first-order chi connectivity index (χ1) is 10.2. The number of nitrogens with one attached hydrogen (secondary N) is 1. The van der Waals surface area contributed by atoms with Crippen molar-refractivity contribution in [1.29, 1.82) is 0 Å². The third-order valence-corrected chi connectivity index (χ3v) is 4.14. The molecule has 112 valence electrons. The molecule has 4 heteroatoms. The van der Waals surface area contributed by atoms with Crippen LogP contribution in [0.15, 0.2) is 41.0 Å². The molecular weight excluding hydrogens is 264 g/mol. The fourth-order valence-electron chi connectivity index (χ4n) is 2.62. The third-order valence-electron chi connectivity index (χ3n) is 4.14. The van der Waals surface area contributed by atoms with Crippen molar-refractivity contribution in [3.8, 4) is 5.75 Å². The maximum absolute atomic E-state index is 10.3. The standard InChI is InChI=1S/C17H22N2O2/c1-12(18-2)16-8-7-14(10-17(16)20)19(13-5-6-13)11-15-4-3-9-21-15/h3-4,7-10,12-13,18,20H,5-6,11H2,1-2H3. The summed E-state index contributed by atoms with van der Waals surface area (Å²) < 4.78 is 5.46. The summed E-state index contributed by atoms with van der Waals surface area (Å²) in [5.41, 5.74) is 1.98. The molecule has 2 N–H and O–H groups in total. The first-order valence-electron chi connectivity index (χ1n) is 7.48. The minimum Gasteiger partial charge on any atom is -0.508 e. The van der Waals surface area contributed by atoms with Crippen molar-refractivity contribution in [1.82, 2.24) is 5.32 Å². The minimum atomic E-state index is 0.137. The molecule has 1 aromatic carbocycles. The van der Waals surface area contributed by atoms with Gasteiger partial charge in [0, 0.05) is 29.4 Å². The van der Waals surface area contributed by atoms with Gasteiger partial charge in [-0.1, -0.05) is 6.07 Å². The number of rotatable bonds is 6. The summed E-state index contributed by atoms with van der Waals surface area (Å²) in [6.45, 7) is 2.79. The van der Waals surface area contributed by atoms with E-state index in [0.29, 0.717) is 11.8 Å². The summed E-state index contributed by atoms with van der Waals surface area (Å²) in [7, 11) is 1.89. The van der Waals surface area contributed by atoms with Crippen LogP contribution in [0.3, 0.4) is 0 Å². The van der Waals surface area contributed by atoms with Gasteiger partial charge in [0.25, 0.3) is 0 Å². The lowest BCUT2D eigenvalue weighted by atomic mass is 10.1. The summed E-state index contributed by atoms with van der Waals surface area (Å²) in [6, 6.07) is 10.6. The summed E-state index contributed by atoms with van der Waals surface area (Å²) in [6.07, 6.45) is 4.11. The largest absolute Gasteiger partial charge is 0.508 e. The van der Waals surface area contributed by atoms with Crippen LogP contribution < -0.4 is 10.2 Å². The molecule has 0 amide bonds. The Balaban J connectivity index is 1.84. The van der Waals surface area contributed by atoms with E-state index in [1.165, 1.54) is 12.8 Å². The number of benzene rings is 1. The lowest BCUT2D eigenvalue weighted by Gasteiger charge is -2.25. The highest BCUT2D eigenvalue weighted by atomic mass is 16.3. The van der Waals surface area contributed by atoms with E-state index in [1.807, 2.05) is 38.2 Å². The maximum atomic E-state index is 10.3. The Morgan fingerprint density at radius 2 is 2.19 bits per heavy atom. The zero-order valence-electron chi connectivity index (χ0n) is 12.5. The van der Waals surface area contributed by atoms with Crippen molar-refractivity contribution < 1.29 is 9.52 Å². The summed E-state index contributed by atoms with van der Waals surface area (Å²) in [5, 5.41) is 13.4. The third kappa shape index (κ3) is 3.05. The maximum Gasteiger partial charge on any atom is 0.123 e. The van der Waals surface area contributed by atoms with Gasteiger partial charge >= 0.3 is 0 Å². The van der Waals surface area contributed by atoms with E-state index in [0.717, 1.165) is 23.6 Å². The first-order valence-corrected chi connectivity index (χ1v) is 7.48. The predicted octanol–water partition coefficient (Wildman–Crippen LogP) is 3.43. The molecule has 1 saturated carbocycles. The summed E-state index contributed by atoms with van der Waals surface area (Å²) in [5.74, 6) is 1.30. The normalized spacial score (nSPS) is 15.9. The number of hydrogen-bond donors (Lipinski definition) is 2. The van der Waals surface area contributed by atoms with E-state index >= 15 is 0 Å². The van der Waals surface area contributed by atoms with Crippen LogP contribution in [0.1, 0.15) is 37.1 Å². The fourth-order valence-corrected chi connectivity index (χ4v) is 2.62. The molecule has 0 aliphatic heterocycles. The van der Waals surface area contributed by atoms with Crippen LogP contribution in [0, 0.1) is 0 Å². The second-order valence-electron chi connectivity index (χ2n) is 5.69. The number of nitrogens with zero attached hydrogens (tertiary/aromatic N) is 1. The molecule has 0 bridgehead atoms. The highest BCUT2D eigenvalue weighted by Gasteiger charge is 2.30. The van der Waals surface area contributed by atoms with Gasteiger partial charge in [-0.15, -0.1) is 0 Å². The Hall–Kier alpha value is -1.94. The van der Waals surface area contributed by atoms with Gasteiger partial charge < -0.3 is 19.7 Å². The van der Waals surface area contributed by atoms with Crippen LogP contribution in [-0.2, 0) is 6.54 Å². The van der Waals surface area contributed by atoms with Crippen molar-refractivity contribution in [3.05, 3.63) is 47.9 Å². The van der Waals surface area contributed by atoms with Crippen LogP contribution >= 0.6 is 0 Å². The Kier molecular flexibility index (Phi) is 3.88. The average Bonchev–Trinajstić information content (AvgIpc) is 3.20. The molecule has 21 heavy (non-hydrogen) atoms. The van der Waals surface area contributed by atoms with E-state index in [-0.39, 0.29) is 6.04 Å². The molecule has 1 aliphatic rings. The van der Waals surface area contributed by atoms with Crippen molar-refractivity contribution in [2.24, 2.45) is 0 Å². The molecule has 1 aromatic heterocycles. The van der Waals surface area contributed by atoms with Crippen LogP contribution in [0.5, 0.6) is 5.75 Å². The Labute approximate surface area is 125 Å². The van der Waals surface area contributed by atoms with Crippen molar-refractivity contribution in [2.75, 3.05) is 11.9 Å². The lowest BCUT2D eigenvalue weighted by molar-refractivity contribution is 0.457. The number of phenols is 1.